The van der Waals surface area contributed by atoms with E-state index < -0.39 is 0 Å². The van der Waals surface area contributed by atoms with Gasteiger partial charge in [-0.05, 0) is 65.5 Å². The molecule has 3 unspecified atom stereocenters. The monoisotopic (exact) mass is 541 g/mol. The summed E-state index contributed by atoms with van der Waals surface area (Å²) in [5, 5.41) is 14.4. The fraction of sp³-hybridized carbons (Fsp3) is 0.531. The molecule has 0 bridgehead atoms. The van der Waals surface area contributed by atoms with Crippen LogP contribution in [0.1, 0.15) is 90.1 Å². The fourth-order valence-electron chi connectivity index (χ4n) is 6.54. The van der Waals surface area contributed by atoms with Gasteiger partial charge in [0, 0.05) is 35.3 Å². The number of hydrogen-bond donors (Lipinski definition) is 1. The third-order valence-corrected chi connectivity index (χ3v) is 8.75. The van der Waals surface area contributed by atoms with Crippen LogP contribution in [0.15, 0.2) is 53.6 Å². The fourth-order valence-corrected chi connectivity index (χ4v) is 6.54. The number of pyridine rings is 1. The lowest BCUT2D eigenvalue weighted by Crippen LogP contribution is -2.37. The topological polar surface area (TPSA) is 94.3 Å². The average molecular weight is 542 g/mol. The summed E-state index contributed by atoms with van der Waals surface area (Å²) in [5.74, 6) is 2.17. The Hall–Kier alpha value is -3.55. The third kappa shape index (κ3) is 5.96. The van der Waals surface area contributed by atoms with E-state index in [-0.39, 0.29) is 11.7 Å². The van der Waals surface area contributed by atoms with Gasteiger partial charge in [0.15, 0.2) is 5.82 Å². The van der Waals surface area contributed by atoms with Gasteiger partial charge >= 0.3 is 5.69 Å². The lowest BCUT2D eigenvalue weighted by Gasteiger charge is -2.37. The van der Waals surface area contributed by atoms with Gasteiger partial charge in [-0.25, -0.2) is 9.89 Å². The van der Waals surface area contributed by atoms with E-state index in [0.29, 0.717) is 30.1 Å². The zero-order valence-corrected chi connectivity index (χ0v) is 24.4. The number of rotatable bonds is 9. The van der Waals surface area contributed by atoms with Crippen LogP contribution in [0.3, 0.4) is 0 Å². The summed E-state index contributed by atoms with van der Waals surface area (Å²) in [6, 6.07) is 12.4. The number of nitrogens with one attached hydrogen (secondary N) is 1. The minimum absolute atomic E-state index is 0.114. The predicted octanol–water partition coefficient (Wildman–Crippen LogP) is 6.70. The number of tetrazole rings is 1. The molecule has 0 spiro atoms. The van der Waals surface area contributed by atoms with E-state index >= 15 is 0 Å². The van der Waals surface area contributed by atoms with Crippen LogP contribution in [0.5, 0.6) is 0 Å². The zero-order valence-electron chi connectivity index (χ0n) is 24.4. The summed E-state index contributed by atoms with van der Waals surface area (Å²) < 4.78 is 4.09. The van der Waals surface area contributed by atoms with Crippen LogP contribution >= 0.6 is 0 Å². The second-order valence-electron chi connectivity index (χ2n) is 11.8. The molecule has 3 aromatic heterocycles. The minimum Gasteiger partial charge on any atom is -0.295 e. The quantitative estimate of drug-likeness (QED) is 0.255. The molecule has 212 valence electrons. The highest BCUT2D eigenvalue weighted by Crippen LogP contribution is 2.39. The molecule has 4 aromatic rings. The number of imidazole rings is 1. The van der Waals surface area contributed by atoms with Crippen molar-refractivity contribution in [2.45, 2.75) is 91.6 Å². The van der Waals surface area contributed by atoms with Gasteiger partial charge < -0.3 is 0 Å². The molecule has 1 aromatic carbocycles. The first-order valence-electron chi connectivity index (χ1n) is 15.1. The first kappa shape index (κ1) is 28.0. The van der Waals surface area contributed by atoms with Gasteiger partial charge in [0.1, 0.15) is 0 Å². The van der Waals surface area contributed by atoms with Gasteiger partial charge in [0.25, 0.3) is 0 Å². The molecule has 8 nitrogen and oxygen atoms in total. The SMILES string of the molecule is CCCCc1cn(C2C(C)CCCCCC2C(C)C)c(=O)n1Cc1ccc(-c2ccccc2-c2nnn[nH]2)cn1. The number of H-pyrrole nitrogens is 1. The highest BCUT2D eigenvalue weighted by atomic mass is 16.1. The molecule has 1 fully saturated rings. The maximum absolute atomic E-state index is 14.1. The van der Waals surface area contributed by atoms with Gasteiger partial charge in [-0.1, -0.05) is 83.7 Å². The van der Waals surface area contributed by atoms with Crippen molar-refractivity contribution >= 4 is 0 Å². The third-order valence-electron chi connectivity index (χ3n) is 8.75. The van der Waals surface area contributed by atoms with E-state index in [1.165, 1.54) is 32.1 Å². The number of benzene rings is 1. The van der Waals surface area contributed by atoms with Crippen LogP contribution in [0.4, 0.5) is 0 Å². The second-order valence-corrected chi connectivity index (χ2v) is 11.8. The molecular formula is C32H43N7O. The number of aromatic nitrogens is 7. The van der Waals surface area contributed by atoms with Crippen molar-refractivity contribution in [3.8, 4) is 22.5 Å². The predicted molar refractivity (Wildman–Crippen MR) is 159 cm³/mol. The van der Waals surface area contributed by atoms with Crippen LogP contribution in [0, 0.1) is 17.8 Å². The number of aryl methyl sites for hydroxylation is 1. The first-order valence-corrected chi connectivity index (χ1v) is 15.1. The Balaban J connectivity index is 1.47. The van der Waals surface area contributed by atoms with E-state index in [4.69, 9.17) is 4.98 Å². The van der Waals surface area contributed by atoms with Crippen LogP contribution in [-0.2, 0) is 13.0 Å². The van der Waals surface area contributed by atoms with Crippen molar-refractivity contribution < 1.29 is 0 Å². The molecule has 8 heteroatoms. The highest BCUT2D eigenvalue weighted by molar-refractivity contribution is 5.79. The maximum atomic E-state index is 14.1. The lowest BCUT2D eigenvalue weighted by molar-refractivity contribution is 0.151. The number of unbranched alkanes of at least 4 members (excludes halogenated alkanes) is 1. The Kier molecular flexibility index (Phi) is 8.92. The molecule has 0 amide bonds. The van der Waals surface area contributed by atoms with E-state index in [2.05, 4.69) is 65.1 Å². The number of aromatic amines is 1. The van der Waals surface area contributed by atoms with Gasteiger partial charge in [-0.15, -0.1) is 5.10 Å². The normalized spacial score (nSPS) is 20.0. The largest absolute Gasteiger partial charge is 0.328 e. The summed E-state index contributed by atoms with van der Waals surface area (Å²) in [4.78, 5) is 18.9. The van der Waals surface area contributed by atoms with E-state index in [9.17, 15) is 4.79 Å². The second kappa shape index (κ2) is 12.7. The van der Waals surface area contributed by atoms with Crippen molar-refractivity contribution in [2.75, 3.05) is 0 Å². The molecule has 5 rings (SSSR count). The molecule has 0 radical (unpaired) electrons. The van der Waals surface area contributed by atoms with Crippen LogP contribution in [-0.4, -0.2) is 34.7 Å². The molecule has 1 aliphatic rings. The van der Waals surface area contributed by atoms with Crippen molar-refractivity contribution in [1.29, 1.82) is 0 Å². The Morgan fingerprint density at radius 3 is 2.55 bits per heavy atom. The van der Waals surface area contributed by atoms with Gasteiger partial charge in [-0.3, -0.25) is 14.1 Å². The lowest BCUT2D eigenvalue weighted by atomic mass is 9.75. The summed E-state index contributed by atoms with van der Waals surface area (Å²) in [6.07, 6.45) is 13.3. The number of hydrogen-bond acceptors (Lipinski definition) is 5. The van der Waals surface area contributed by atoms with E-state index in [1.54, 1.807) is 0 Å². The summed E-state index contributed by atoms with van der Waals surface area (Å²) >= 11 is 0. The molecule has 3 atom stereocenters. The van der Waals surface area contributed by atoms with E-state index in [0.717, 1.165) is 47.3 Å². The van der Waals surface area contributed by atoms with E-state index in [1.807, 2.05) is 41.1 Å². The average Bonchev–Trinajstić information content (AvgIpc) is 3.59. The van der Waals surface area contributed by atoms with Gasteiger partial charge in [0.05, 0.1) is 12.2 Å². The van der Waals surface area contributed by atoms with Crippen molar-refractivity contribution in [1.82, 2.24) is 34.7 Å². The Labute approximate surface area is 237 Å². The Bertz CT molecular complexity index is 1420. The molecular weight excluding hydrogens is 498 g/mol. The summed E-state index contributed by atoms with van der Waals surface area (Å²) in [7, 11) is 0. The smallest absolute Gasteiger partial charge is 0.295 e. The van der Waals surface area contributed by atoms with Crippen LogP contribution in [0.25, 0.3) is 22.5 Å². The summed E-state index contributed by atoms with van der Waals surface area (Å²) in [5.41, 5.74) is 5.03. The molecule has 0 aliphatic heterocycles. The van der Waals surface area contributed by atoms with Crippen molar-refractivity contribution in [3.63, 3.8) is 0 Å². The zero-order chi connectivity index (χ0) is 28.1. The van der Waals surface area contributed by atoms with Crippen molar-refractivity contribution in [3.05, 3.63) is 70.7 Å². The van der Waals surface area contributed by atoms with Crippen LogP contribution < -0.4 is 5.69 Å². The Morgan fingerprint density at radius 2 is 1.85 bits per heavy atom. The van der Waals surface area contributed by atoms with Gasteiger partial charge in [-0.2, -0.15) is 0 Å². The molecule has 1 saturated carbocycles. The number of nitrogens with zero attached hydrogens (tertiary/aromatic N) is 6. The minimum atomic E-state index is 0.114. The standard InChI is InChI=1S/C32H43N7O/c1-5-6-13-26-21-39(30-23(4)12-8-7-9-14-27(30)22(2)3)32(40)38(26)20-25-18-17-24(19-33-25)28-15-10-11-16-29(28)31-34-36-37-35-31/h10-11,15-19,21-23,27,30H,5-9,12-14,20H2,1-4H3,(H,34,35,36,37). The molecule has 1 aliphatic carbocycles. The molecule has 1 N–H and O–H groups in total. The molecule has 0 saturated heterocycles. The van der Waals surface area contributed by atoms with Gasteiger partial charge in [0.2, 0.25) is 0 Å². The van der Waals surface area contributed by atoms with Crippen molar-refractivity contribution in [2.24, 2.45) is 17.8 Å². The maximum Gasteiger partial charge on any atom is 0.328 e. The summed E-state index contributed by atoms with van der Waals surface area (Å²) in [6.45, 7) is 9.70. The Morgan fingerprint density at radius 1 is 1.05 bits per heavy atom. The molecule has 3 heterocycles. The van der Waals surface area contributed by atoms with Crippen LogP contribution in [0.2, 0.25) is 0 Å². The highest BCUT2D eigenvalue weighted by Gasteiger charge is 2.33. The molecule has 40 heavy (non-hydrogen) atoms. The first-order chi connectivity index (χ1) is 19.5.